The summed E-state index contributed by atoms with van der Waals surface area (Å²) in [6, 6.07) is -1.24. The molecule has 0 saturated carbocycles. The maximum Gasteiger partial charge on any atom is 0.320 e. The van der Waals surface area contributed by atoms with Gasteiger partial charge >= 0.3 is 11.9 Å². The van der Waals surface area contributed by atoms with Crippen molar-refractivity contribution in [3.05, 3.63) is 0 Å². The standard InChI is InChI=1S/C6H13NO2.C5H9NO3/c1-3-4(2)5(7)6(8)9;7-3-1-4(5(8)9)6-2-3/h4-5H,3,7H2,1-2H3,(H,8,9);3-4,6-7H,1-2H2,(H,8,9)/t;3?,4-/m.0/s1. The van der Waals surface area contributed by atoms with E-state index in [4.69, 9.17) is 21.1 Å². The SMILES string of the molecule is CCC(C)C(N)C(=O)O.O=C(O)[C@@H]1CC(O)CN1. The van der Waals surface area contributed by atoms with Crippen LogP contribution in [0.15, 0.2) is 0 Å². The Morgan fingerprint density at radius 1 is 1.44 bits per heavy atom. The van der Waals surface area contributed by atoms with E-state index in [1.165, 1.54) is 0 Å². The second kappa shape index (κ2) is 8.02. The molecule has 1 fully saturated rings. The number of rotatable bonds is 4. The molecule has 7 nitrogen and oxygen atoms in total. The Morgan fingerprint density at radius 3 is 2.17 bits per heavy atom. The van der Waals surface area contributed by atoms with E-state index in [2.05, 4.69) is 5.32 Å². The molecule has 1 aliphatic rings. The van der Waals surface area contributed by atoms with Crippen molar-refractivity contribution < 1.29 is 24.9 Å². The molecule has 0 aromatic carbocycles. The van der Waals surface area contributed by atoms with Gasteiger partial charge in [-0.05, 0) is 5.92 Å². The van der Waals surface area contributed by atoms with E-state index in [1.54, 1.807) is 0 Å². The Labute approximate surface area is 106 Å². The van der Waals surface area contributed by atoms with Crippen LogP contribution < -0.4 is 11.1 Å². The third kappa shape index (κ3) is 5.95. The molecule has 3 unspecified atom stereocenters. The molecule has 106 valence electrons. The van der Waals surface area contributed by atoms with Crippen LogP contribution in [0.4, 0.5) is 0 Å². The van der Waals surface area contributed by atoms with Crippen molar-refractivity contribution in [2.24, 2.45) is 11.7 Å². The minimum Gasteiger partial charge on any atom is -0.480 e. The van der Waals surface area contributed by atoms with Crippen molar-refractivity contribution >= 4 is 11.9 Å². The molecule has 0 radical (unpaired) electrons. The Hall–Kier alpha value is -1.18. The lowest BCUT2D eigenvalue weighted by Gasteiger charge is -2.11. The molecular weight excluding hydrogens is 240 g/mol. The first-order chi connectivity index (χ1) is 8.29. The van der Waals surface area contributed by atoms with Crippen LogP contribution in [0.2, 0.25) is 0 Å². The lowest BCUT2D eigenvalue weighted by molar-refractivity contribution is -0.140. The first-order valence-corrected chi connectivity index (χ1v) is 5.92. The van der Waals surface area contributed by atoms with E-state index < -0.39 is 30.1 Å². The number of carboxylic acid groups (broad SMARTS) is 2. The molecular formula is C11H22N2O5. The number of aliphatic hydroxyl groups is 1. The van der Waals surface area contributed by atoms with Crippen LogP contribution in [-0.4, -0.2) is 52.0 Å². The molecule has 1 saturated heterocycles. The molecule has 4 atom stereocenters. The van der Waals surface area contributed by atoms with Crippen molar-refractivity contribution in [3.8, 4) is 0 Å². The summed E-state index contributed by atoms with van der Waals surface area (Å²) in [5.41, 5.74) is 5.27. The Morgan fingerprint density at radius 2 is 2.00 bits per heavy atom. The molecule has 1 heterocycles. The summed E-state index contributed by atoms with van der Waals surface area (Å²) in [6.07, 6.45) is 0.661. The van der Waals surface area contributed by atoms with Gasteiger partial charge in [-0.25, -0.2) is 0 Å². The summed E-state index contributed by atoms with van der Waals surface area (Å²) in [5, 5.41) is 28.2. The molecule has 0 aromatic heterocycles. The highest BCUT2D eigenvalue weighted by atomic mass is 16.4. The average Bonchev–Trinajstić information content (AvgIpc) is 2.74. The van der Waals surface area contributed by atoms with Crippen LogP contribution in [0.25, 0.3) is 0 Å². The maximum atomic E-state index is 10.2. The number of carboxylic acids is 2. The number of hydrogen-bond donors (Lipinski definition) is 5. The van der Waals surface area contributed by atoms with Crippen LogP contribution in [-0.2, 0) is 9.59 Å². The van der Waals surface area contributed by atoms with Crippen molar-refractivity contribution in [1.82, 2.24) is 5.32 Å². The van der Waals surface area contributed by atoms with Crippen LogP contribution in [0, 0.1) is 5.92 Å². The van der Waals surface area contributed by atoms with Gasteiger partial charge in [-0.15, -0.1) is 0 Å². The summed E-state index contributed by atoms with van der Waals surface area (Å²) in [6.45, 7) is 4.16. The summed E-state index contributed by atoms with van der Waals surface area (Å²) in [5.74, 6) is -1.72. The lowest BCUT2D eigenvalue weighted by Crippen LogP contribution is -2.36. The molecule has 7 heteroatoms. The van der Waals surface area contributed by atoms with Crippen molar-refractivity contribution in [1.29, 1.82) is 0 Å². The Bertz CT molecular complexity index is 273. The summed E-state index contributed by atoms with van der Waals surface area (Å²) in [4.78, 5) is 20.3. The van der Waals surface area contributed by atoms with Gasteiger partial charge in [0.1, 0.15) is 12.1 Å². The highest BCUT2D eigenvalue weighted by Crippen LogP contribution is 2.05. The summed E-state index contributed by atoms with van der Waals surface area (Å²) in [7, 11) is 0. The predicted octanol–water partition coefficient (Wildman–Crippen LogP) is -0.762. The number of aliphatic carboxylic acids is 2. The predicted molar refractivity (Wildman–Crippen MR) is 65.1 cm³/mol. The third-order valence-corrected chi connectivity index (χ3v) is 2.95. The van der Waals surface area contributed by atoms with Crippen LogP contribution in [0.1, 0.15) is 26.7 Å². The second-order valence-electron chi connectivity index (χ2n) is 4.44. The highest BCUT2D eigenvalue weighted by Gasteiger charge is 2.27. The molecule has 0 aliphatic carbocycles. The van der Waals surface area contributed by atoms with Gasteiger partial charge in [-0.1, -0.05) is 20.3 Å². The van der Waals surface area contributed by atoms with Gasteiger partial charge in [-0.3, -0.25) is 9.59 Å². The maximum absolute atomic E-state index is 10.2. The molecule has 1 rings (SSSR count). The average molecular weight is 262 g/mol. The van der Waals surface area contributed by atoms with E-state index in [1.807, 2.05) is 13.8 Å². The number of nitrogens with two attached hydrogens (primary N) is 1. The van der Waals surface area contributed by atoms with E-state index >= 15 is 0 Å². The highest BCUT2D eigenvalue weighted by molar-refractivity contribution is 5.74. The summed E-state index contributed by atoms with van der Waals surface area (Å²) >= 11 is 0. The topological polar surface area (TPSA) is 133 Å². The molecule has 0 aromatic rings. The molecule has 0 spiro atoms. The van der Waals surface area contributed by atoms with Gasteiger partial charge in [0.2, 0.25) is 0 Å². The van der Waals surface area contributed by atoms with Crippen molar-refractivity contribution in [3.63, 3.8) is 0 Å². The van der Waals surface area contributed by atoms with Gasteiger partial charge in [-0.2, -0.15) is 0 Å². The molecule has 1 aliphatic heterocycles. The Kier molecular flexibility index (Phi) is 7.49. The fourth-order valence-electron chi connectivity index (χ4n) is 1.40. The monoisotopic (exact) mass is 262 g/mol. The minimum atomic E-state index is -0.913. The zero-order chi connectivity index (χ0) is 14.3. The van der Waals surface area contributed by atoms with E-state index in [9.17, 15) is 9.59 Å². The number of carbonyl (C=O) groups is 2. The lowest BCUT2D eigenvalue weighted by atomic mass is 10.0. The van der Waals surface area contributed by atoms with Gasteiger partial charge in [0, 0.05) is 13.0 Å². The number of nitrogens with one attached hydrogen (secondary N) is 1. The Balaban J connectivity index is 0.000000321. The number of β-amino-alcohol motifs (C(OH)–C–C–N with tert-alkyl or cyclic N) is 1. The van der Waals surface area contributed by atoms with E-state index in [0.29, 0.717) is 13.0 Å². The van der Waals surface area contributed by atoms with Gasteiger partial charge < -0.3 is 26.4 Å². The number of aliphatic hydroxyl groups excluding tert-OH is 1. The van der Waals surface area contributed by atoms with Gasteiger partial charge in [0.15, 0.2) is 0 Å². The summed E-state index contributed by atoms with van der Waals surface area (Å²) < 4.78 is 0. The van der Waals surface area contributed by atoms with Crippen molar-refractivity contribution in [2.45, 2.75) is 44.9 Å². The van der Waals surface area contributed by atoms with E-state index in [-0.39, 0.29) is 5.92 Å². The molecule has 6 N–H and O–H groups in total. The smallest absolute Gasteiger partial charge is 0.320 e. The molecule has 18 heavy (non-hydrogen) atoms. The quantitative estimate of drug-likeness (QED) is 0.449. The van der Waals surface area contributed by atoms with Gasteiger partial charge in [0.05, 0.1) is 6.10 Å². The second-order valence-corrected chi connectivity index (χ2v) is 4.44. The largest absolute Gasteiger partial charge is 0.480 e. The number of hydrogen-bond acceptors (Lipinski definition) is 5. The zero-order valence-corrected chi connectivity index (χ0v) is 10.7. The normalized spacial score (nSPS) is 25.8. The minimum absolute atomic E-state index is 0.0718. The zero-order valence-electron chi connectivity index (χ0n) is 10.7. The molecule has 0 amide bonds. The van der Waals surface area contributed by atoms with Gasteiger partial charge in [0.25, 0.3) is 0 Å². The first-order valence-electron chi connectivity index (χ1n) is 5.92. The van der Waals surface area contributed by atoms with Crippen LogP contribution >= 0.6 is 0 Å². The molecule has 0 bridgehead atoms. The van der Waals surface area contributed by atoms with Crippen molar-refractivity contribution in [2.75, 3.05) is 6.54 Å². The van der Waals surface area contributed by atoms with Crippen LogP contribution in [0.5, 0.6) is 0 Å². The fourth-order valence-corrected chi connectivity index (χ4v) is 1.40. The fraction of sp³-hybridized carbons (Fsp3) is 0.818. The first kappa shape index (κ1) is 16.8. The van der Waals surface area contributed by atoms with E-state index in [0.717, 1.165) is 6.42 Å². The third-order valence-electron chi connectivity index (χ3n) is 2.95. The van der Waals surface area contributed by atoms with Crippen LogP contribution in [0.3, 0.4) is 0 Å².